The highest BCUT2D eigenvalue weighted by atomic mass is 16.5. The van der Waals surface area contributed by atoms with Crippen LogP contribution < -0.4 is 9.47 Å². The molecule has 4 heteroatoms. The van der Waals surface area contributed by atoms with Gasteiger partial charge >= 0.3 is 0 Å². The number of carbonyl (C=O) groups excluding carboxylic acids is 1. The molecule has 0 aromatic heterocycles. The van der Waals surface area contributed by atoms with Crippen LogP contribution in [0, 0.1) is 11.3 Å². The molecule has 2 fully saturated rings. The van der Waals surface area contributed by atoms with Gasteiger partial charge in [0.15, 0.2) is 23.4 Å². The molecule has 1 aromatic rings. The summed E-state index contributed by atoms with van der Waals surface area (Å²) in [7, 11) is 3.89. The van der Waals surface area contributed by atoms with E-state index >= 15 is 0 Å². The molecule has 2 aliphatic heterocycles. The predicted molar refractivity (Wildman–Crippen MR) is 83.9 cm³/mol. The molecule has 0 amide bonds. The average Bonchev–Trinajstić information content (AvgIpc) is 2.96. The first-order valence-corrected chi connectivity index (χ1v) is 8.40. The maximum absolute atomic E-state index is 12.7. The lowest BCUT2D eigenvalue weighted by atomic mass is 9.60. The lowest BCUT2D eigenvalue weighted by Crippen LogP contribution is -2.62. The van der Waals surface area contributed by atoms with Gasteiger partial charge in [-0.2, -0.15) is 0 Å². The molecule has 1 saturated carbocycles. The average molecular weight is 309 g/mol. The fourth-order valence-corrected chi connectivity index (χ4v) is 6.73. The van der Waals surface area contributed by atoms with E-state index in [2.05, 4.69) is 24.1 Å². The van der Waals surface area contributed by atoms with Gasteiger partial charge in [0.25, 0.3) is 0 Å². The topological polar surface area (TPSA) is 38.8 Å². The number of rotatable bonds is 1. The van der Waals surface area contributed by atoms with Crippen LogP contribution in [0.3, 0.4) is 0 Å². The van der Waals surface area contributed by atoms with Gasteiger partial charge in [0.05, 0.1) is 12.5 Å². The minimum Gasteiger partial charge on any atom is -0.493 e. The van der Waals surface area contributed by atoms with E-state index < -0.39 is 0 Å². The summed E-state index contributed by atoms with van der Waals surface area (Å²) >= 11 is 0. The third kappa shape index (κ3) is 1.09. The number of carbonyl (C=O) groups is 1. The van der Waals surface area contributed by atoms with Crippen LogP contribution in [0.2, 0.25) is 0 Å². The number of methoxy groups -OCH3 is 1. The normalized spacial score (nSPS) is 44.4. The molecule has 3 aliphatic carbocycles. The zero-order valence-electron chi connectivity index (χ0n) is 13.3. The van der Waals surface area contributed by atoms with Crippen molar-refractivity contribution in [1.82, 2.24) is 4.90 Å². The van der Waals surface area contributed by atoms with E-state index in [-0.39, 0.29) is 17.3 Å². The Balaban J connectivity index is 1.70. The van der Waals surface area contributed by atoms with Crippen LogP contribution in [0.15, 0.2) is 24.3 Å². The molecule has 23 heavy (non-hydrogen) atoms. The molecular weight excluding hydrogens is 290 g/mol. The second kappa shape index (κ2) is 3.48. The number of nitrogens with zero attached hydrogens (tertiary/aromatic N) is 1. The van der Waals surface area contributed by atoms with Gasteiger partial charge in [0, 0.05) is 29.5 Å². The zero-order chi connectivity index (χ0) is 15.6. The molecule has 6 rings (SSSR count). The Labute approximate surface area is 135 Å². The van der Waals surface area contributed by atoms with E-state index in [1.54, 1.807) is 13.2 Å². The van der Waals surface area contributed by atoms with Gasteiger partial charge in [0.1, 0.15) is 0 Å². The summed E-state index contributed by atoms with van der Waals surface area (Å²) in [6.45, 7) is 1.13. The molecule has 5 atom stereocenters. The Hall–Kier alpha value is -1.81. The summed E-state index contributed by atoms with van der Waals surface area (Å²) in [4.78, 5) is 15.1. The molecule has 0 N–H and O–H groups in total. The van der Waals surface area contributed by atoms with E-state index in [1.165, 1.54) is 11.1 Å². The predicted octanol–water partition coefficient (Wildman–Crippen LogP) is 1.71. The SMILES string of the molecule is COc1ccc2c3c1O[C@@H]1C(=O)C=C[C@H]4[C@H]5N(C)CC5(C2)C[C@]314. The molecule has 1 unspecified atom stereocenters. The Morgan fingerprint density at radius 1 is 1.39 bits per heavy atom. The number of likely N-dealkylation sites (tertiary alicyclic amines) is 1. The molecule has 118 valence electrons. The van der Waals surface area contributed by atoms with Gasteiger partial charge in [-0.25, -0.2) is 0 Å². The number of benzene rings is 1. The molecule has 2 spiro atoms. The van der Waals surface area contributed by atoms with Crippen LogP contribution in [0.25, 0.3) is 0 Å². The van der Waals surface area contributed by atoms with Gasteiger partial charge in [-0.15, -0.1) is 0 Å². The van der Waals surface area contributed by atoms with Gasteiger partial charge in [-0.1, -0.05) is 12.1 Å². The molecular formula is C19H19NO3. The van der Waals surface area contributed by atoms with Crippen LogP contribution in [0.4, 0.5) is 0 Å². The van der Waals surface area contributed by atoms with E-state index in [1.807, 2.05) is 6.07 Å². The first-order chi connectivity index (χ1) is 11.1. The standard InChI is InChI=1S/C19H19NO3/c1-20-9-18-7-10-3-6-13(22-2)15-14(10)19(8-18)11(16(18)20)4-5-12(21)17(19)23-15/h3-6,11,16-17H,7-9H2,1-2H3/t11-,16+,17+,18?,19-/m0/s1. The largest absolute Gasteiger partial charge is 0.493 e. The molecule has 0 radical (unpaired) electrons. The summed E-state index contributed by atoms with van der Waals surface area (Å²) in [5.41, 5.74) is 2.80. The Morgan fingerprint density at radius 2 is 2.26 bits per heavy atom. The summed E-state index contributed by atoms with van der Waals surface area (Å²) in [6.07, 6.45) is 5.75. The van der Waals surface area contributed by atoms with E-state index in [0.29, 0.717) is 17.4 Å². The summed E-state index contributed by atoms with van der Waals surface area (Å²) in [5.74, 6) is 2.09. The summed E-state index contributed by atoms with van der Waals surface area (Å²) in [6, 6.07) is 4.74. The third-order valence-electron chi connectivity index (χ3n) is 7.11. The Bertz CT molecular complexity index is 815. The van der Waals surface area contributed by atoms with Crippen molar-refractivity contribution >= 4 is 5.78 Å². The van der Waals surface area contributed by atoms with Crippen LogP contribution in [0.5, 0.6) is 11.5 Å². The number of ketones is 1. The fraction of sp³-hybridized carbons (Fsp3) is 0.526. The Kier molecular flexibility index (Phi) is 1.91. The molecule has 1 aromatic carbocycles. The first-order valence-electron chi connectivity index (χ1n) is 8.40. The molecule has 4 nitrogen and oxygen atoms in total. The maximum atomic E-state index is 12.7. The molecule has 2 bridgehead atoms. The van der Waals surface area contributed by atoms with Crippen LogP contribution in [0.1, 0.15) is 17.5 Å². The van der Waals surface area contributed by atoms with E-state index in [4.69, 9.17) is 9.47 Å². The van der Waals surface area contributed by atoms with Crippen molar-refractivity contribution in [2.24, 2.45) is 11.3 Å². The third-order valence-corrected chi connectivity index (χ3v) is 7.11. The highest BCUT2D eigenvalue weighted by Crippen LogP contribution is 2.72. The highest BCUT2D eigenvalue weighted by molar-refractivity contribution is 5.98. The van der Waals surface area contributed by atoms with E-state index in [9.17, 15) is 4.79 Å². The van der Waals surface area contributed by atoms with Gasteiger partial charge in [0.2, 0.25) is 0 Å². The smallest absolute Gasteiger partial charge is 0.196 e. The van der Waals surface area contributed by atoms with Crippen molar-refractivity contribution in [3.63, 3.8) is 0 Å². The van der Waals surface area contributed by atoms with Crippen molar-refractivity contribution in [2.75, 3.05) is 20.7 Å². The van der Waals surface area contributed by atoms with E-state index in [0.717, 1.165) is 30.9 Å². The molecule has 1 saturated heterocycles. The van der Waals surface area contributed by atoms with Crippen molar-refractivity contribution in [3.8, 4) is 11.5 Å². The number of hydrogen-bond donors (Lipinski definition) is 0. The summed E-state index contributed by atoms with van der Waals surface area (Å²) < 4.78 is 11.8. The first kappa shape index (κ1) is 12.6. The molecule has 5 aliphatic rings. The van der Waals surface area contributed by atoms with Crippen molar-refractivity contribution in [3.05, 3.63) is 35.4 Å². The lowest BCUT2D eigenvalue weighted by molar-refractivity contribution is -0.124. The summed E-state index contributed by atoms with van der Waals surface area (Å²) in [5, 5.41) is 0. The van der Waals surface area contributed by atoms with Crippen LogP contribution >= 0.6 is 0 Å². The van der Waals surface area contributed by atoms with Gasteiger partial charge < -0.3 is 14.4 Å². The van der Waals surface area contributed by atoms with Gasteiger partial charge in [-0.05, 0) is 37.6 Å². The zero-order valence-corrected chi connectivity index (χ0v) is 13.3. The van der Waals surface area contributed by atoms with Crippen LogP contribution in [-0.2, 0) is 16.6 Å². The lowest BCUT2D eigenvalue weighted by Gasteiger charge is -2.54. The second-order valence-corrected chi connectivity index (χ2v) is 8.03. The van der Waals surface area contributed by atoms with Crippen molar-refractivity contribution < 1.29 is 14.3 Å². The van der Waals surface area contributed by atoms with Crippen LogP contribution in [-0.4, -0.2) is 43.5 Å². The number of fused-ring (bicyclic) bond motifs is 1. The van der Waals surface area contributed by atoms with Gasteiger partial charge in [-0.3, -0.25) is 4.79 Å². The van der Waals surface area contributed by atoms with Crippen molar-refractivity contribution in [1.29, 1.82) is 0 Å². The fourth-order valence-electron chi connectivity index (χ4n) is 6.73. The molecule has 2 heterocycles. The maximum Gasteiger partial charge on any atom is 0.196 e. The Morgan fingerprint density at radius 3 is 3.04 bits per heavy atom. The number of ether oxygens (including phenoxy) is 2. The van der Waals surface area contributed by atoms with Crippen molar-refractivity contribution in [2.45, 2.75) is 30.4 Å². The minimum atomic E-state index is -0.362. The number of hydrogen-bond acceptors (Lipinski definition) is 4. The second-order valence-electron chi connectivity index (χ2n) is 8.03. The minimum absolute atomic E-state index is 0.117. The quantitative estimate of drug-likeness (QED) is 0.792. The monoisotopic (exact) mass is 309 g/mol. The highest BCUT2D eigenvalue weighted by Gasteiger charge is 2.75.